The van der Waals surface area contributed by atoms with Gasteiger partial charge in [0.2, 0.25) is 15.9 Å². The van der Waals surface area contributed by atoms with Gasteiger partial charge < -0.3 is 4.90 Å². The number of benzene rings is 2. The zero-order valence-corrected chi connectivity index (χ0v) is 18.5. The third-order valence-corrected chi connectivity index (χ3v) is 8.15. The summed E-state index contributed by atoms with van der Waals surface area (Å²) in [7, 11) is -3.59. The average Bonchev–Trinajstić information content (AvgIpc) is 3.18. The Morgan fingerprint density at radius 3 is 2.53 bits per heavy atom. The number of hydrogen-bond acceptors (Lipinski definition) is 5. The van der Waals surface area contributed by atoms with Crippen LogP contribution in [0, 0.1) is 6.92 Å². The number of nitrogens with one attached hydrogen (secondary N) is 1. The number of rotatable bonds is 6. The van der Waals surface area contributed by atoms with E-state index in [0.717, 1.165) is 28.9 Å². The molecule has 0 bridgehead atoms. The second kappa shape index (κ2) is 8.83. The number of carbonyl (C=O) groups is 1. The first-order chi connectivity index (χ1) is 14.4. The first-order valence-electron chi connectivity index (χ1n) is 10.1. The largest absolute Gasteiger partial charge is 0.343 e. The molecule has 4 rings (SSSR count). The minimum Gasteiger partial charge on any atom is -0.343 e. The summed E-state index contributed by atoms with van der Waals surface area (Å²) in [4.78, 5) is 19.3. The first kappa shape index (κ1) is 21.0. The summed E-state index contributed by atoms with van der Waals surface area (Å²) in [6.07, 6.45) is 1.94. The highest BCUT2D eigenvalue weighted by molar-refractivity contribution is 7.89. The van der Waals surface area contributed by atoms with Crippen LogP contribution in [-0.4, -0.2) is 43.8 Å². The molecule has 1 aliphatic heterocycles. The van der Waals surface area contributed by atoms with Gasteiger partial charge in [-0.3, -0.25) is 4.79 Å². The lowest BCUT2D eigenvalue weighted by Gasteiger charge is -2.31. The van der Waals surface area contributed by atoms with Crippen LogP contribution in [0.15, 0.2) is 53.4 Å². The summed E-state index contributed by atoms with van der Waals surface area (Å²) in [5.74, 6) is 0.371. The van der Waals surface area contributed by atoms with E-state index in [-0.39, 0.29) is 23.8 Å². The predicted molar refractivity (Wildman–Crippen MR) is 119 cm³/mol. The Kier molecular flexibility index (Phi) is 6.17. The number of aromatic nitrogens is 1. The summed E-state index contributed by atoms with van der Waals surface area (Å²) in [6.45, 7) is 3.38. The lowest BCUT2D eigenvalue weighted by atomic mass is 9.97. The standard InChI is InChI=1S/C22H25N3O3S2/c1-16-6-8-18(9-7-16)30(27,28)23-13-10-21(26)25-14-11-17(12-15-25)22-24-19-4-2-3-5-20(19)29-22/h2-9,17,23H,10-15H2,1H3. The van der Waals surface area contributed by atoms with Crippen LogP contribution in [0.1, 0.15) is 35.8 Å². The summed E-state index contributed by atoms with van der Waals surface area (Å²) in [5.41, 5.74) is 2.04. The van der Waals surface area contributed by atoms with E-state index in [2.05, 4.69) is 10.8 Å². The number of sulfonamides is 1. The molecule has 30 heavy (non-hydrogen) atoms. The number of hydrogen-bond donors (Lipinski definition) is 1. The first-order valence-corrected chi connectivity index (χ1v) is 12.4. The lowest BCUT2D eigenvalue weighted by Crippen LogP contribution is -2.39. The van der Waals surface area contributed by atoms with Crippen LogP contribution in [-0.2, 0) is 14.8 Å². The summed E-state index contributed by atoms with van der Waals surface area (Å²) < 4.78 is 28.4. The molecule has 0 spiro atoms. The zero-order valence-electron chi connectivity index (χ0n) is 16.9. The second-order valence-corrected chi connectivity index (χ2v) is 10.5. The number of fused-ring (bicyclic) bond motifs is 1. The van der Waals surface area contributed by atoms with Crippen molar-refractivity contribution in [1.82, 2.24) is 14.6 Å². The number of likely N-dealkylation sites (tertiary alicyclic amines) is 1. The third-order valence-electron chi connectivity index (χ3n) is 5.47. The van der Waals surface area contributed by atoms with Gasteiger partial charge in [-0.05, 0) is 44.0 Å². The topological polar surface area (TPSA) is 79.4 Å². The summed E-state index contributed by atoms with van der Waals surface area (Å²) >= 11 is 1.74. The molecule has 0 atom stereocenters. The van der Waals surface area contributed by atoms with Gasteiger partial charge in [0, 0.05) is 32.0 Å². The Balaban J connectivity index is 1.26. The number of amides is 1. The maximum atomic E-state index is 12.5. The molecular weight excluding hydrogens is 418 g/mol. The van der Waals surface area contributed by atoms with E-state index >= 15 is 0 Å². The van der Waals surface area contributed by atoms with Crippen LogP contribution in [0.5, 0.6) is 0 Å². The molecule has 0 radical (unpaired) electrons. The van der Waals surface area contributed by atoms with Crippen molar-refractivity contribution in [3.63, 3.8) is 0 Å². The van der Waals surface area contributed by atoms with Gasteiger partial charge in [0.1, 0.15) is 0 Å². The van der Waals surface area contributed by atoms with E-state index in [1.165, 1.54) is 4.70 Å². The van der Waals surface area contributed by atoms with Crippen LogP contribution in [0.3, 0.4) is 0 Å². The maximum Gasteiger partial charge on any atom is 0.240 e. The third kappa shape index (κ3) is 4.71. The molecule has 3 aromatic rings. The smallest absolute Gasteiger partial charge is 0.240 e. The van der Waals surface area contributed by atoms with E-state index in [1.807, 2.05) is 30.0 Å². The van der Waals surface area contributed by atoms with Crippen molar-refractivity contribution in [3.8, 4) is 0 Å². The van der Waals surface area contributed by atoms with E-state index in [9.17, 15) is 13.2 Å². The minimum atomic E-state index is -3.59. The van der Waals surface area contributed by atoms with Gasteiger partial charge in [0.05, 0.1) is 20.1 Å². The van der Waals surface area contributed by atoms with E-state index in [1.54, 1.807) is 35.6 Å². The van der Waals surface area contributed by atoms with Crippen molar-refractivity contribution < 1.29 is 13.2 Å². The number of carbonyl (C=O) groups excluding carboxylic acids is 1. The molecule has 8 heteroatoms. The SMILES string of the molecule is Cc1ccc(S(=O)(=O)NCCC(=O)N2CCC(c3nc4ccccc4s3)CC2)cc1. The van der Waals surface area contributed by atoms with Crippen molar-refractivity contribution in [3.05, 3.63) is 59.1 Å². The fourth-order valence-electron chi connectivity index (χ4n) is 3.69. The summed E-state index contributed by atoms with van der Waals surface area (Å²) in [6, 6.07) is 14.8. The zero-order chi connectivity index (χ0) is 21.1. The fraction of sp³-hybridized carbons (Fsp3) is 0.364. The van der Waals surface area contributed by atoms with Gasteiger partial charge in [-0.25, -0.2) is 18.1 Å². The highest BCUT2D eigenvalue weighted by atomic mass is 32.2. The van der Waals surface area contributed by atoms with Gasteiger partial charge in [-0.1, -0.05) is 29.8 Å². The molecule has 2 heterocycles. The van der Waals surface area contributed by atoms with Gasteiger partial charge in [0.25, 0.3) is 0 Å². The normalized spacial score (nSPS) is 15.6. The molecule has 1 N–H and O–H groups in total. The molecule has 1 aromatic heterocycles. The van der Waals surface area contributed by atoms with Crippen molar-refractivity contribution in [2.24, 2.45) is 0 Å². The Bertz CT molecular complexity index is 1100. The second-order valence-electron chi connectivity index (χ2n) is 7.64. The molecule has 0 unspecified atom stereocenters. The molecule has 1 fully saturated rings. The average molecular weight is 444 g/mol. The highest BCUT2D eigenvalue weighted by Gasteiger charge is 2.26. The fourth-order valence-corrected chi connectivity index (χ4v) is 5.86. The Labute approximate surface area is 181 Å². The molecule has 6 nitrogen and oxygen atoms in total. The lowest BCUT2D eigenvalue weighted by molar-refractivity contribution is -0.132. The van der Waals surface area contributed by atoms with Crippen molar-refractivity contribution >= 4 is 37.5 Å². The molecule has 0 saturated carbocycles. The molecule has 0 aliphatic carbocycles. The number of piperidine rings is 1. The summed E-state index contributed by atoms with van der Waals surface area (Å²) in [5, 5.41) is 1.15. The molecule has 1 saturated heterocycles. The van der Waals surface area contributed by atoms with Gasteiger partial charge in [-0.15, -0.1) is 11.3 Å². The molecule has 1 aliphatic rings. The highest BCUT2D eigenvalue weighted by Crippen LogP contribution is 2.33. The molecule has 2 aromatic carbocycles. The van der Waals surface area contributed by atoms with Crippen LogP contribution in [0.25, 0.3) is 10.2 Å². The Hall–Kier alpha value is -2.29. The monoisotopic (exact) mass is 443 g/mol. The van der Waals surface area contributed by atoms with Crippen LogP contribution in [0.2, 0.25) is 0 Å². The predicted octanol–water partition coefficient (Wildman–Crippen LogP) is 3.68. The number of para-hydroxylation sites is 1. The van der Waals surface area contributed by atoms with E-state index < -0.39 is 10.0 Å². The van der Waals surface area contributed by atoms with Gasteiger partial charge in [0.15, 0.2) is 0 Å². The Morgan fingerprint density at radius 2 is 1.83 bits per heavy atom. The van der Waals surface area contributed by atoms with Gasteiger partial charge in [-0.2, -0.15) is 0 Å². The number of aryl methyl sites for hydroxylation is 1. The van der Waals surface area contributed by atoms with Crippen LogP contribution in [0.4, 0.5) is 0 Å². The number of thiazole rings is 1. The van der Waals surface area contributed by atoms with E-state index in [4.69, 9.17) is 4.98 Å². The molecular formula is C22H25N3O3S2. The van der Waals surface area contributed by atoms with Gasteiger partial charge >= 0.3 is 0 Å². The molecule has 158 valence electrons. The quantitative estimate of drug-likeness (QED) is 0.630. The van der Waals surface area contributed by atoms with Crippen molar-refractivity contribution in [1.29, 1.82) is 0 Å². The van der Waals surface area contributed by atoms with Crippen molar-refractivity contribution in [2.75, 3.05) is 19.6 Å². The van der Waals surface area contributed by atoms with Crippen molar-refractivity contribution in [2.45, 2.75) is 37.0 Å². The maximum absolute atomic E-state index is 12.5. The van der Waals surface area contributed by atoms with Crippen LogP contribution >= 0.6 is 11.3 Å². The van der Waals surface area contributed by atoms with E-state index in [0.29, 0.717) is 19.0 Å². The molecule has 1 amide bonds. The van der Waals surface area contributed by atoms with Crippen LogP contribution < -0.4 is 4.72 Å². The Morgan fingerprint density at radius 1 is 1.13 bits per heavy atom. The number of nitrogens with zero attached hydrogens (tertiary/aromatic N) is 2. The minimum absolute atomic E-state index is 0.00986.